The molecule has 1 aliphatic rings. The van der Waals surface area contributed by atoms with E-state index in [1.165, 1.54) is 50.5 Å². The third-order valence-corrected chi connectivity index (χ3v) is 6.08. The highest BCUT2D eigenvalue weighted by molar-refractivity contribution is 5.45. The lowest BCUT2D eigenvalue weighted by Crippen LogP contribution is -2.13. The smallest absolute Gasteiger partial charge is 0.174 e. The molecule has 0 radical (unpaired) electrons. The van der Waals surface area contributed by atoms with Gasteiger partial charge in [0.25, 0.3) is 0 Å². The van der Waals surface area contributed by atoms with E-state index < -0.39 is 11.6 Å². The number of unbranched alkanes of at least 4 members (excludes halogenated alkanes) is 1. The molecule has 2 aromatic carbocycles. The van der Waals surface area contributed by atoms with Crippen molar-refractivity contribution in [2.75, 3.05) is 0 Å². The predicted octanol–water partition coefficient (Wildman–Crippen LogP) is 7.39. The lowest BCUT2D eigenvalue weighted by molar-refractivity contribution is 0.304. The van der Waals surface area contributed by atoms with Crippen molar-refractivity contribution in [3.05, 3.63) is 70.3 Å². The maximum Gasteiger partial charge on any atom is 0.174 e. The highest BCUT2D eigenvalue weighted by Gasteiger charge is 2.21. The molecule has 0 nitrogen and oxygen atoms in total. The van der Waals surface area contributed by atoms with Crippen LogP contribution in [0.3, 0.4) is 0 Å². The molecule has 1 fully saturated rings. The van der Waals surface area contributed by atoms with Crippen LogP contribution >= 0.6 is 0 Å². The average Bonchev–Trinajstić information content (AvgIpc) is 2.74. The molecule has 0 spiro atoms. The van der Waals surface area contributed by atoms with Crippen molar-refractivity contribution in [1.29, 1.82) is 0 Å². The van der Waals surface area contributed by atoms with Gasteiger partial charge in [0.05, 0.1) is 5.56 Å². The second kappa shape index (κ2) is 9.87. The second-order valence-electron chi connectivity index (χ2n) is 7.99. The minimum absolute atomic E-state index is 0.115. The van der Waals surface area contributed by atoms with E-state index in [4.69, 9.17) is 0 Å². The minimum atomic E-state index is -0.844. The fraction of sp³-hybridized carbons (Fsp3) is 0.462. The van der Waals surface area contributed by atoms with E-state index in [0.717, 1.165) is 11.5 Å². The van der Waals surface area contributed by atoms with Crippen molar-refractivity contribution in [3.63, 3.8) is 0 Å². The number of hydrogen-bond acceptors (Lipinski definition) is 0. The molecule has 2 heteroatoms. The van der Waals surface area contributed by atoms with Crippen molar-refractivity contribution in [2.45, 2.75) is 71.1 Å². The summed E-state index contributed by atoms with van der Waals surface area (Å²) in [4.78, 5) is 0. The van der Waals surface area contributed by atoms with Crippen LogP contribution in [0.2, 0.25) is 0 Å². The molecule has 148 valence electrons. The summed E-state index contributed by atoms with van der Waals surface area (Å²) in [5.74, 6) is 5.69. The van der Waals surface area contributed by atoms with Crippen LogP contribution in [0.5, 0.6) is 0 Å². The van der Waals surface area contributed by atoms with Crippen LogP contribution in [-0.2, 0) is 6.42 Å². The van der Waals surface area contributed by atoms with Gasteiger partial charge in [-0.25, -0.2) is 8.78 Å². The maximum absolute atomic E-state index is 14.1. The molecular weight excluding hydrogens is 350 g/mol. The summed E-state index contributed by atoms with van der Waals surface area (Å²) >= 11 is 0. The maximum atomic E-state index is 14.1. The van der Waals surface area contributed by atoms with Crippen molar-refractivity contribution < 1.29 is 8.78 Å². The summed E-state index contributed by atoms with van der Waals surface area (Å²) in [5, 5.41) is 0. The van der Waals surface area contributed by atoms with E-state index in [1.54, 1.807) is 12.1 Å². The molecule has 2 aromatic rings. The van der Waals surface area contributed by atoms with Crippen LogP contribution in [0.4, 0.5) is 8.78 Å². The zero-order valence-electron chi connectivity index (χ0n) is 17.0. The van der Waals surface area contributed by atoms with E-state index >= 15 is 0 Å². The van der Waals surface area contributed by atoms with Gasteiger partial charge < -0.3 is 0 Å². The standard InChI is InChI=1S/C26H30F2/c1-3-5-6-19-7-12-22(13-8-19)23-14-9-20(10-15-23)11-16-24-18-17-21(4-2)25(27)26(24)28/h9-10,14-15,17-19,22H,3-8,12-13H2,1-2H3. The van der Waals surface area contributed by atoms with Crippen LogP contribution in [-0.4, -0.2) is 0 Å². The molecule has 0 saturated heterocycles. The molecule has 0 unspecified atom stereocenters. The van der Waals surface area contributed by atoms with Gasteiger partial charge in [-0.1, -0.05) is 63.1 Å². The Morgan fingerprint density at radius 1 is 0.857 bits per heavy atom. The Morgan fingerprint density at radius 3 is 2.21 bits per heavy atom. The fourth-order valence-electron chi connectivity index (χ4n) is 4.21. The number of aryl methyl sites for hydroxylation is 1. The first-order valence-corrected chi connectivity index (χ1v) is 10.7. The first-order chi connectivity index (χ1) is 13.6. The van der Waals surface area contributed by atoms with Gasteiger partial charge in [0.15, 0.2) is 11.6 Å². The van der Waals surface area contributed by atoms with Crippen molar-refractivity contribution in [3.8, 4) is 11.8 Å². The molecule has 1 saturated carbocycles. The molecule has 0 amide bonds. The molecule has 0 N–H and O–H groups in total. The molecule has 0 aliphatic heterocycles. The summed E-state index contributed by atoms with van der Waals surface area (Å²) in [6.45, 7) is 4.07. The Morgan fingerprint density at radius 2 is 1.57 bits per heavy atom. The van der Waals surface area contributed by atoms with Crippen LogP contribution in [0.15, 0.2) is 36.4 Å². The summed E-state index contributed by atoms with van der Waals surface area (Å²) in [6.07, 6.45) is 9.72. The Balaban J connectivity index is 1.63. The molecular formula is C26H30F2. The van der Waals surface area contributed by atoms with Gasteiger partial charge in [-0.05, 0) is 73.3 Å². The van der Waals surface area contributed by atoms with E-state index in [-0.39, 0.29) is 5.56 Å². The highest BCUT2D eigenvalue weighted by Crippen LogP contribution is 2.37. The van der Waals surface area contributed by atoms with Gasteiger partial charge in [-0.3, -0.25) is 0 Å². The molecule has 0 bridgehead atoms. The normalized spacial score (nSPS) is 19.1. The monoisotopic (exact) mass is 380 g/mol. The first-order valence-electron chi connectivity index (χ1n) is 10.7. The highest BCUT2D eigenvalue weighted by atomic mass is 19.2. The fourth-order valence-corrected chi connectivity index (χ4v) is 4.21. The van der Waals surface area contributed by atoms with Gasteiger partial charge in [0, 0.05) is 5.56 Å². The summed E-state index contributed by atoms with van der Waals surface area (Å²) < 4.78 is 28.0. The largest absolute Gasteiger partial charge is 0.203 e. The molecule has 3 rings (SSSR count). The van der Waals surface area contributed by atoms with E-state index in [9.17, 15) is 8.78 Å². The minimum Gasteiger partial charge on any atom is -0.203 e. The van der Waals surface area contributed by atoms with Crippen LogP contribution in [0.1, 0.15) is 87.0 Å². The molecule has 1 aliphatic carbocycles. The van der Waals surface area contributed by atoms with Gasteiger partial charge in [0.2, 0.25) is 0 Å². The Bertz CT molecular complexity index is 831. The van der Waals surface area contributed by atoms with Gasteiger partial charge in [0.1, 0.15) is 0 Å². The second-order valence-corrected chi connectivity index (χ2v) is 7.99. The molecule has 28 heavy (non-hydrogen) atoms. The van der Waals surface area contributed by atoms with Gasteiger partial charge in [-0.15, -0.1) is 0 Å². The lowest BCUT2D eigenvalue weighted by atomic mass is 9.77. The zero-order chi connectivity index (χ0) is 19.9. The number of benzene rings is 2. The summed E-state index contributed by atoms with van der Waals surface area (Å²) in [7, 11) is 0. The third-order valence-electron chi connectivity index (χ3n) is 6.08. The third kappa shape index (κ3) is 5.02. The van der Waals surface area contributed by atoms with E-state index in [2.05, 4.69) is 30.9 Å². The lowest BCUT2D eigenvalue weighted by Gasteiger charge is -2.28. The SMILES string of the molecule is CCCCC1CCC(c2ccc(C#Cc3ccc(CC)c(F)c3F)cc2)CC1. The van der Waals surface area contributed by atoms with Crippen molar-refractivity contribution >= 4 is 0 Å². The van der Waals surface area contributed by atoms with E-state index in [1.807, 2.05) is 19.1 Å². The molecule has 0 heterocycles. The van der Waals surface area contributed by atoms with Crippen molar-refractivity contribution in [2.24, 2.45) is 5.92 Å². The Labute approximate surface area is 168 Å². The van der Waals surface area contributed by atoms with Crippen LogP contribution in [0, 0.1) is 29.4 Å². The summed E-state index contributed by atoms with van der Waals surface area (Å²) in [5.41, 5.74) is 2.71. The summed E-state index contributed by atoms with van der Waals surface area (Å²) in [6, 6.07) is 11.5. The van der Waals surface area contributed by atoms with Crippen LogP contribution in [0.25, 0.3) is 0 Å². The average molecular weight is 381 g/mol. The Hall–Kier alpha value is -2.14. The molecule has 0 aromatic heterocycles. The quantitative estimate of drug-likeness (QED) is 0.474. The molecule has 0 atom stereocenters. The van der Waals surface area contributed by atoms with Gasteiger partial charge >= 0.3 is 0 Å². The van der Waals surface area contributed by atoms with Crippen molar-refractivity contribution in [1.82, 2.24) is 0 Å². The van der Waals surface area contributed by atoms with Crippen LogP contribution < -0.4 is 0 Å². The Kier molecular flexibility index (Phi) is 7.26. The van der Waals surface area contributed by atoms with E-state index in [0.29, 0.717) is 17.9 Å². The number of rotatable bonds is 5. The van der Waals surface area contributed by atoms with Gasteiger partial charge in [-0.2, -0.15) is 0 Å². The first kappa shape index (κ1) is 20.6. The number of hydrogen-bond donors (Lipinski definition) is 0. The zero-order valence-corrected chi connectivity index (χ0v) is 17.0. The number of halogens is 2. The topological polar surface area (TPSA) is 0 Å². The predicted molar refractivity (Wildman–Crippen MR) is 112 cm³/mol.